The molecule has 0 saturated carbocycles. The lowest BCUT2D eigenvalue weighted by Crippen LogP contribution is -2.20. The molecule has 1 aromatic rings. The van der Waals surface area contributed by atoms with E-state index >= 15 is 0 Å². The fourth-order valence-electron chi connectivity index (χ4n) is 2.25. The van der Waals surface area contributed by atoms with Crippen LogP contribution in [0.5, 0.6) is 0 Å². The number of hydrogen-bond acceptors (Lipinski definition) is 3. The summed E-state index contributed by atoms with van der Waals surface area (Å²) in [5, 5.41) is 0. The van der Waals surface area contributed by atoms with Gasteiger partial charge in [0.2, 0.25) is 0 Å². The van der Waals surface area contributed by atoms with Crippen LogP contribution in [-0.2, 0) is 11.3 Å². The van der Waals surface area contributed by atoms with Gasteiger partial charge in [0.25, 0.3) is 0 Å². The lowest BCUT2D eigenvalue weighted by molar-refractivity contribution is 0.0525. The fourth-order valence-corrected chi connectivity index (χ4v) is 3.00. The average Bonchev–Trinajstić information content (AvgIpc) is 2.85. The van der Waals surface area contributed by atoms with Gasteiger partial charge in [0.1, 0.15) is 0 Å². The highest BCUT2D eigenvalue weighted by atomic mass is 127. The molecule has 1 fully saturated rings. The molecule has 0 spiro atoms. The van der Waals surface area contributed by atoms with Crippen LogP contribution in [0, 0.1) is 3.57 Å². The first-order valence-electron chi connectivity index (χ1n) is 6.39. The van der Waals surface area contributed by atoms with Crippen LogP contribution in [0.25, 0.3) is 0 Å². The van der Waals surface area contributed by atoms with E-state index in [9.17, 15) is 4.79 Å². The molecule has 0 aromatic heterocycles. The smallest absolute Gasteiger partial charge is 0.339 e. The maximum Gasteiger partial charge on any atom is 0.339 e. The van der Waals surface area contributed by atoms with Gasteiger partial charge in [-0.05, 0) is 67.1 Å². The van der Waals surface area contributed by atoms with Crippen LogP contribution < -0.4 is 0 Å². The molecule has 1 aliphatic rings. The Bertz CT molecular complexity index is 428. The number of carbonyl (C=O) groups excluding carboxylic acids is 1. The zero-order chi connectivity index (χ0) is 13.0. The maximum absolute atomic E-state index is 11.8. The molecule has 0 atom stereocenters. The monoisotopic (exact) mass is 359 g/mol. The summed E-state index contributed by atoms with van der Waals surface area (Å²) in [6, 6.07) is 5.88. The molecular formula is C14H18INO2. The third kappa shape index (κ3) is 3.23. The molecule has 1 saturated heterocycles. The van der Waals surface area contributed by atoms with Crippen LogP contribution in [0.15, 0.2) is 18.2 Å². The largest absolute Gasteiger partial charge is 0.462 e. The highest BCUT2D eigenvalue weighted by Gasteiger charge is 2.17. The second-order valence-electron chi connectivity index (χ2n) is 4.48. The Kier molecular flexibility index (Phi) is 5.00. The SMILES string of the molecule is CCOC(=O)c1cccc(CN2CCCC2)c1I. The summed E-state index contributed by atoms with van der Waals surface area (Å²) in [6.07, 6.45) is 2.57. The van der Waals surface area contributed by atoms with Crippen molar-refractivity contribution in [1.29, 1.82) is 0 Å². The van der Waals surface area contributed by atoms with Gasteiger partial charge in [0.15, 0.2) is 0 Å². The minimum absolute atomic E-state index is 0.217. The first-order valence-corrected chi connectivity index (χ1v) is 7.47. The van der Waals surface area contributed by atoms with Gasteiger partial charge < -0.3 is 4.74 Å². The van der Waals surface area contributed by atoms with E-state index in [-0.39, 0.29) is 5.97 Å². The van der Waals surface area contributed by atoms with Gasteiger partial charge in [-0.25, -0.2) is 4.79 Å². The molecule has 1 aromatic carbocycles. The van der Waals surface area contributed by atoms with Crippen LogP contribution in [0.3, 0.4) is 0 Å². The normalized spacial score (nSPS) is 15.9. The molecule has 2 rings (SSSR count). The minimum Gasteiger partial charge on any atom is -0.462 e. The summed E-state index contributed by atoms with van der Waals surface area (Å²) in [4.78, 5) is 14.3. The Morgan fingerprint density at radius 1 is 1.39 bits per heavy atom. The predicted molar refractivity (Wildman–Crippen MR) is 79.6 cm³/mol. The summed E-state index contributed by atoms with van der Waals surface area (Å²) in [5.74, 6) is -0.217. The minimum atomic E-state index is -0.217. The number of benzene rings is 1. The van der Waals surface area contributed by atoms with Crippen molar-refractivity contribution in [3.05, 3.63) is 32.9 Å². The van der Waals surface area contributed by atoms with E-state index in [0.29, 0.717) is 12.2 Å². The first-order chi connectivity index (χ1) is 8.72. The van der Waals surface area contributed by atoms with E-state index in [1.54, 1.807) is 0 Å². The molecule has 4 heteroatoms. The van der Waals surface area contributed by atoms with Gasteiger partial charge in [-0.3, -0.25) is 4.90 Å². The average molecular weight is 359 g/mol. The highest BCUT2D eigenvalue weighted by molar-refractivity contribution is 14.1. The number of rotatable bonds is 4. The summed E-state index contributed by atoms with van der Waals surface area (Å²) < 4.78 is 6.10. The van der Waals surface area contributed by atoms with Gasteiger partial charge in [-0.2, -0.15) is 0 Å². The molecule has 0 bridgehead atoms. The quantitative estimate of drug-likeness (QED) is 0.611. The molecule has 98 valence electrons. The van der Waals surface area contributed by atoms with E-state index in [1.165, 1.54) is 31.5 Å². The Labute approximate surface area is 122 Å². The predicted octanol–water partition coefficient (Wildman–Crippen LogP) is 3.06. The van der Waals surface area contributed by atoms with Crippen molar-refractivity contribution in [3.8, 4) is 0 Å². The molecule has 0 radical (unpaired) electrons. The van der Waals surface area contributed by atoms with Crippen molar-refractivity contribution in [2.24, 2.45) is 0 Å². The standard InChI is InChI=1S/C14H18INO2/c1-2-18-14(17)12-7-5-6-11(13(12)15)10-16-8-3-4-9-16/h5-7H,2-4,8-10H2,1H3. The van der Waals surface area contributed by atoms with Crippen LogP contribution >= 0.6 is 22.6 Å². The summed E-state index contributed by atoms with van der Waals surface area (Å²) in [5.41, 5.74) is 1.91. The second kappa shape index (κ2) is 6.52. The van der Waals surface area contributed by atoms with E-state index in [4.69, 9.17) is 4.74 Å². The van der Waals surface area contributed by atoms with Gasteiger partial charge in [-0.15, -0.1) is 0 Å². The molecule has 0 aliphatic carbocycles. The molecular weight excluding hydrogens is 341 g/mol. The zero-order valence-corrected chi connectivity index (χ0v) is 12.8. The lowest BCUT2D eigenvalue weighted by Gasteiger charge is -2.16. The van der Waals surface area contributed by atoms with Crippen molar-refractivity contribution in [2.45, 2.75) is 26.3 Å². The number of nitrogens with zero attached hydrogens (tertiary/aromatic N) is 1. The first kappa shape index (κ1) is 13.8. The third-order valence-corrected chi connectivity index (χ3v) is 4.44. The van der Waals surface area contributed by atoms with Crippen LogP contribution in [0.2, 0.25) is 0 Å². The molecule has 1 aliphatic heterocycles. The second-order valence-corrected chi connectivity index (χ2v) is 5.56. The molecule has 0 N–H and O–H groups in total. The summed E-state index contributed by atoms with van der Waals surface area (Å²) in [6.45, 7) is 5.52. The van der Waals surface area contributed by atoms with Crippen molar-refractivity contribution < 1.29 is 9.53 Å². The number of carbonyl (C=O) groups is 1. The van der Waals surface area contributed by atoms with E-state index in [2.05, 4.69) is 33.6 Å². The van der Waals surface area contributed by atoms with Gasteiger partial charge in [0, 0.05) is 10.1 Å². The Balaban J connectivity index is 2.15. The molecule has 0 unspecified atom stereocenters. The van der Waals surface area contributed by atoms with E-state index in [1.807, 2.05) is 19.1 Å². The van der Waals surface area contributed by atoms with Gasteiger partial charge in [0.05, 0.1) is 12.2 Å². The number of hydrogen-bond donors (Lipinski definition) is 0. The van der Waals surface area contributed by atoms with Crippen molar-refractivity contribution >= 4 is 28.6 Å². The number of esters is 1. The molecule has 18 heavy (non-hydrogen) atoms. The van der Waals surface area contributed by atoms with Gasteiger partial charge in [-0.1, -0.05) is 12.1 Å². The lowest BCUT2D eigenvalue weighted by atomic mass is 10.1. The fraction of sp³-hybridized carbons (Fsp3) is 0.500. The Morgan fingerprint density at radius 3 is 2.78 bits per heavy atom. The van der Waals surface area contributed by atoms with Crippen LogP contribution in [-0.4, -0.2) is 30.6 Å². The molecule has 3 nitrogen and oxygen atoms in total. The van der Waals surface area contributed by atoms with Crippen molar-refractivity contribution in [2.75, 3.05) is 19.7 Å². The summed E-state index contributed by atoms with van der Waals surface area (Å²) >= 11 is 2.25. The number of likely N-dealkylation sites (tertiary alicyclic amines) is 1. The highest BCUT2D eigenvalue weighted by Crippen LogP contribution is 2.21. The number of halogens is 1. The Hall–Kier alpha value is -0.620. The van der Waals surface area contributed by atoms with Crippen molar-refractivity contribution in [3.63, 3.8) is 0 Å². The maximum atomic E-state index is 11.8. The van der Waals surface area contributed by atoms with Crippen molar-refractivity contribution in [1.82, 2.24) is 4.90 Å². The van der Waals surface area contributed by atoms with Gasteiger partial charge >= 0.3 is 5.97 Å². The van der Waals surface area contributed by atoms with E-state index in [0.717, 1.165) is 10.1 Å². The van der Waals surface area contributed by atoms with Crippen LogP contribution in [0.4, 0.5) is 0 Å². The molecule has 0 amide bonds. The Morgan fingerprint density at radius 2 is 2.11 bits per heavy atom. The third-order valence-electron chi connectivity index (χ3n) is 3.17. The summed E-state index contributed by atoms with van der Waals surface area (Å²) in [7, 11) is 0. The van der Waals surface area contributed by atoms with E-state index < -0.39 is 0 Å². The topological polar surface area (TPSA) is 29.5 Å². The number of ether oxygens (including phenoxy) is 1. The molecule has 1 heterocycles. The zero-order valence-electron chi connectivity index (χ0n) is 10.6. The van der Waals surface area contributed by atoms with Crippen LogP contribution in [0.1, 0.15) is 35.7 Å².